The number of rotatable bonds is 6. The zero-order valence-electron chi connectivity index (χ0n) is 14.3. The lowest BCUT2D eigenvalue weighted by atomic mass is 9.89. The van der Waals surface area contributed by atoms with Gasteiger partial charge in [-0.25, -0.2) is 4.79 Å². The summed E-state index contributed by atoms with van der Waals surface area (Å²) in [6, 6.07) is 8.50. The molecule has 1 aromatic carbocycles. The first-order valence-electron chi connectivity index (χ1n) is 9.19. The van der Waals surface area contributed by atoms with E-state index in [-0.39, 0.29) is 0 Å². The Kier molecular flexibility index (Phi) is 5.91. The van der Waals surface area contributed by atoms with Crippen LogP contribution in [-0.2, 0) is 4.79 Å². The number of hydrogen-bond donors (Lipinski definition) is 2. The second-order valence-electron chi connectivity index (χ2n) is 7.19. The Morgan fingerprint density at radius 1 is 1.17 bits per heavy atom. The summed E-state index contributed by atoms with van der Waals surface area (Å²) in [4.78, 5) is 13.2. The molecule has 1 aliphatic carbocycles. The quantitative estimate of drug-likeness (QED) is 0.779. The molecular weight excluding hydrogens is 300 g/mol. The van der Waals surface area contributed by atoms with Crippen LogP contribution in [0.5, 0.6) is 0 Å². The standard InChI is InChI=1S/C20H28N2O2/c23-20(24)11-8-16-6-9-18(10-7-16)21-19-12-13-22(15-19)14-17-4-2-1-3-5-17/h6-11,17,19,21H,1-5,12-15H2,(H,23,24)/b11-8+/t19-/m1/s1. The number of carboxylic acid groups (broad SMARTS) is 1. The lowest BCUT2D eigenvalue weighted by Gasteiger charge is -2.26. The molecule has 1 saturated carbocycles. The van der Waals surface area contributed by atoms with Crippen LogP contribution in [0.3, 0.4) is 0 Å². The van der Waals surface area contributed by atoms with Gasteiger partial charge in [0, 0.05) is 37.4 Å². The Hall–Kier alpha value is -1.81. The molecule has 3 rings (SSSR count). The van der Waals surface area contributed by atoms with Gasteiger partial charge in [-0.2, -0.15) is 0 Å². The zero-order valence-corrected chi connectivity index (χ0v) is 14.3. The van der Waals surface area contributed by atoms with Crippen LogP contribution in [0.15, 0.2) is 30.3 Å². The molecule has 24 heavy (non-hydrogen) atoms. The summed E-state index contributed by atoms with van der Waals surface area (Å²) in [6.45, 7) is 3.61. The average Bonchev–Trinajstić information content (AvgIpc) is 3.02. The van der Waals surface area contributed by atoms with Crippen molar-refractivity contribution in [1.29, 1.82) is 0 Å². The van der Waals surface area contributed by atoms with Crippen molar-refractivity contribution in [2.24, 2.45) is 5.92 Å². The van der Waals surface area contributed by atoms with Crippen molar-refractivity contribution >= 4 is 17.7 Å². The highest BCUT2D eigenvalue weighted by molar-refractivity contribution is 5.85. The van der Waals surface area contributed by atoms with Crippen LogP contribution in [0.4, 0.5) is 5.69 Å². The van der Waals surface area contributed by atoms with E-state index < -0.39 is 5.97 Å². The lowest BCUT2D eigenvalue weighted by Crippen LogP contribution is -2.31. The van der Waals surface area contributed by atoms with Gasteiger partial charge in [0.25, 0.3) is 0 Å². The smallest absolute Gasteiger partial charge is 0.328 e. The monoisotopic (exact) mass is 328 g/mol. The summed E-state index contributed by atoms with van der Waals surface area (Å²) < 4.78 is 0. The fourth-order valence-corrected chi connectivity index (χ4v) is 3.94. The van der Waals surface area contributed by atoms with Gasteiger partial charge < -0.3 is 15.3 Å². The van der Waals surface area contributed by atoms with Crippen molar-refractivity contribution in [3.8, 4) is 0 Å². The highest BCUT2D eigenvalue weighted by Gasteiger charge is 2.25. The largest absolute Gasteiger partial charge is 0.478 e. The van der Waals surface area contributed by atoms with Crippen LogP contribution in [0.1, 0.15) is 44.1 Å². The molecule has 0 bridgehead atoms. The molecule has 2 N–H and O–H groups in total. The van der Waals surface area contributed by atoms with Gasteiger partial charge in [0.05, 0.1) is 0 Å². The van der Waals surface area contributed by atoms with Crippen molar-refractivity contribution in [2.75, 3.05) is 25.0 Å². The number of nitrogens with one attached hydrogen (secondary N) is 1. The molecule has 2 aliphatic rings. The Bertz CT molecular complexity index is 562. The molecule has 1 heterocycles. The molecule has 0 aromatic heterocycles. The minimum Gasteiger partial charge on any atom is -0.478 e. The fourth-order valence-electron chi connectivity index (χ4n) is 3.94. The summed E-state index contributed by atoms with van der Waals surface area (Å²) in [7, 11) is 0. The zero-order chi connectivity index (χ0) is 16.8. The third-order valence-electron chi connectivity index (χ3n) is 5.21. The molecule has 4 heteroatoms. The van der Waals surface area contributed by atoms with Gasteiger partial charge in [-0.1, -0.05) is 31.4 Å². The molecule has 0 unspecified atom stereocenters. The van der Waals surface area contributed by atoms with E-state index in [0.29, 0.717) is 6.04 Å². The van der Waals surface area contributed by atoms with Crippen molar-refractivity contribution in [3.63, 3.8) is 0 Å². The first kappa shape index (κ1) is 17.0. The highest BCUT2D eigenvalue weighted by Crippen LogP contribution is 2.26. The van der Waals surface area contributed by atoms with Gasteiger partial charge in [-0.05, 0) is 49.0 Å². The Labute approximate surface area is 144 Å². The third-order valence-corrected chi connectivity index (χ3v) is 5.21. The maximum Gasteiger partial charge on any atom is 0.328 e. The normalized spacial score (nSPS) is 22.9. The van der Waals surface area contributed by atoms with E-state index in [1.807, 2.05) is 24.3 Å². The van der Waals surface area contributed by atoms with Gasteiger partial charge in [0.2, 0.25) is 0 Å². The molecule has 0 spiro atoms. The SMILES string of the molecule is O=C(O)/C=C/c1ccc(N[C@@H]2CCN(CC3CCCCC3)C2)cc1. The Morgan fingerprint density at radius 3 is 2.62 bits per heavy atom. The maximum atomic E-state index is 10.5. The predicted octanol–water partition coefficient (Wildman–Crippen LogP) is 3.85. The predicted molar refractivity (Wildman–Crippen MR) is 98.2 cm³/mol. The highest BCUT2D eigenvalue weighted by atomic mass is 16.4. The minimum absolute atomic E-state index is 0.522. The summed E-state index contributed by atoms with van der Waals surface area (Å²) in [5, 5.41) is 12.3. The molecule has 130 valence electrons. The van der Waals surface area contributed by atoms with E-state index in [1.54, 1.807) is 6.08 Å². The molecule has 0 amide bonds. The van der Waals surface area contributed by atoms with E-state index >= 15 is 0 Å². The Morgan fingerprint density at radius 2 is 1.92 bits per heavy atom. The number of anilines is 1. The van der Waals surface area contributed by atoms with Gasteiger partial charge in [-0.3, -0.25) is 0 Å². The van der Waals surface area contributed by atoms with Crippen LogP contribution in [0.2, 0.25) is 0 Å². The Balaban J connectivity index is 1.45. The molecule has 0 radical (unpaired) electrons. The molecule has 4 nitrogen and oxygen atoms in total. The second kappa shape index (κ2) is 8.34. The van der Waals surface area contributed by atoms with Gasteiger partial charge >= 0.3 is 5.97 Å². The van der Waals surface area contributed by atoms with E-state index in [0.717, 1.165) is 23.7 Å². The number of hydrogen-bond acceptors (Lipinski definition) is 3. The molecule has 1 saturated heterocycles. The van der Waals surface area contributed by atoms with Crippen molar-refractivity contribution < 1.29 is 9.90 Å². The summed E-state index contributed by atoms with van der Waals surface area (Å²) in [6.07, 6.45) is 11.1. The number of nitrogens with zero attached hydrogens (tertiary/aromatic N) is 1. The number of carboxylic acids is 1. The molecular formula is C20H28N2O2. The van der Waals surface area contributed by atoms with Crippen molar-refractivity contribution in [1.82, 2.24) is 4.90 Å². The molecule has 2 fully saturated rings. The summed E-state index contributed by atoms with van der Waals surface area (Å²) in [5.41, 5.74) is 2.03. The molecule has 1 aliphatic heterocycles. The van der Waals surface area contributed by atoms with E-state index in [4.69, 9.17) is 5.11 Å². The van der Waals surface area contributed by atoms with E-state index in [1.165, 1.54) is 57.7 Å². The number of carbonyl (C=O) groups is 1. The summed E-state index contributed by atoms with van der Waals surface area (Å²) >= 11 is 0. The van der Waals surface area contributed by atoms with Gasteiger partial charge in [-0.15, -0.1) is 0 Å². The average molecular weight is 328 g/mol. The van der Waals surface area contributed by atoms with Crippen molar-refractivity contribution in [2.45, 2.75) is 44.6 Å². The van der Waals surface area contributed by atoms with E-state index in [9.17, 15) is 4.79 Å². The van der Waals surface area contributed by atoms with Gasteiger partial charge in [0.1, 0.15) is 0 Å². The van der Waals surface area contributed by atoms with Crippen LogP contribution in [-0.4, -0.2) is 41.7 Å². The van der Waals surface area contributed by atoms with Gasteiger partial charge in [0.15, 0.2) is 0 Å². The second-order valence-corrected chi connectivity index (χ2v) is 7.19. The van der Waals surface area contributed by atoms with Crippen LogP contribution < -0.4 is 5.32 Å². The third kappa shape index (κ3) is 5.10. The van der Waals surface area contributed by atoms with Crippen LogP contribution >= 0.6 is 0 Å². The minimum atomic E-state index is -0.916. The first-order chi connectivity index (χ1) is 11.7. The maximum absolute atomic E-state index is 10.5. The number of aliphatic carboxylic acids is 1. The molecule has 1 aromatic rings. The first-order valence-corrected chi connectivity index (χ1v) is 9.19. The molecule has 1 atom stereocenters. The fraction of sp³-hybridized carbons (Fsp3) is 0.550. The van der Waals surface area contributed by atoms with Crippen molar-refractivity contribution in [3.05, 3.63) is 35.9 Å². The van der Waals surface area contributed by atoms with E-state index in [2.05, 4.69) is 10.2 Å². The summed E-state index contributed by atoms with van der Waals surface area (Å²) in [5.74, 6) is -0.000907. The van der Waals surface area contributed by atoms with Crippen LogP contribution in [0.25, 0.3) is 6.08 Å². The topological polar surface area (TPSA) is 52.6 Å². The number of benzene rings is 1. The lowest BCUT2D eigenvalue weighted by molar-refractivity contribution is -0.131. The number of likely N-dealkylation sites (tertiary alicyclic amines) is 1. The van der Waals surface area contributed by atoms with Crippen LogP contribution in [0, 0.1) is 5.92 Å².